The summed E-state index contributed by atoms with van der Waals surface area (Å²) >= 11 is 6.01. The third-order valence-corrected chi connectivity index (χ3v) is 6.16. The van der Waals surface area contributed by atoms with Crippen molar-refractivity contribution in [3.63, 3.8) is 0 Å². The summed E-state index contributed by atoms with van der Waals surface area (Å²) in [6.45, 7) is 2.10. The second kappa shape index (κ2) is 8.39. The van der Waals surface area contributed by atoms with Crippen LogP contribution in [0.5, 0.6) is 0 Å². The van der Waals surface area contributed by atoms with Crippen LogP contribution in [0, 0.1) is 0 Å². The number of thioether (sulfide) groups is 2. The highest BCUT2D eigenvalue weighted by atomic mass is 32.2. The van der Waals surface area contributed by atoms with Gasteiger partial charge < -0.3 is 0 Å². The van der Waals surface area contributed by atoms with Gasteiger partial charge in [0.15, 0.2) is 5.37 Å². The van der Waals surface area contributed by atoms with Crippen LogP contribution in [0.4, 0.5) is 0 Å². The number of nitrogens with zero attached hydrogens (tertiary/aromatic N) is 3. The molecule has 0 aliphatic heterocycles. The van der Waals surface area contributed by atoms with Crippen molar-refractivity contribution in [3.8, 4) is 0 Å². The quantitative estimate of drug-likeness (QED) is 0.561. The van der Waals surface area contributed by atoms with Crippen molar-refractivity contribution in [2.24, 2.45) is 0 Å². The number of rotatable bonds is 7. The van der Waals surface area contributed by atoms with E-state index < -0.39 is 0 Å². The van der Waals surface area contributed by atoms with Gasteiger partial charge in [0.05, 0.1) is 11.2 Å². The first kappa shape index (κ1) is 17.1. The first-order chi connectivity index (χ1) is 9.14. The molecule has 0 aliphatic carbocycles. The number of hydrogen-bond donors (Lipinski definition) is 0. The second-order valence-corrected chi connectivity index (χ2v) is 6.93. The van der Waals surface area contributed by atoms with E-state index in [0.29, 0.717) is 0 Å². The van der Waals surface area contributed by atoms with Gasteiger partial charge in [-0.3, -0.25) is 4.79 Å². The van der Waals surface area contributed by atoms with Crippen LogP contribution in [-0.2, 0) is 11.2 Å². The Bertz CT molecular complexity index is 420. The van der Waals surface area contributed by atoms with Gasteiger partial charge in [0, 0.05) is 18.1 Å². The van der Waals surface area contributed by atoms with Crippen molar-refractivity contribution in [1.29, 1.82) is 0 Å². The zero-order chi connectivity index (χ0) is 14.4. The average molecular weight is 338 g/mol. The molecule has 0 aromatic carbocycles. The summed E-state index contributed by atoms with van der Waals surface area (Å²) in [6.07, 6.45) is 10.6. The van der Waals surface area contributed by atoms with Crippen LogP contribution < -0.4 is 0 Å². The first-order valence-electron chi connectivity index (χ1n) is 5.69. The molecule has 1 aromatic rings. The van der Waals surface area contributed by atoms with Gasteiger partial charge in [0.1, 0.15) is 0 Å². The molecule has 0 spiro atoms. The largest absolute Gasteiger partial charge is 0.277 e. The lowest BCUT2D eigenvalue weighted by atomic mass is 10.3. The highest BCUT2D eigenvalue weighted by molar-refractivity contribution is 8.12. The van der Waals surface area contributed by atoms with Crippen molar-refractivity contribution < 1.29 is 4.79 Å². The Labute approximate surface area is 132 Å². The minimum Gasteiger partial charge on any atom is -0.269 e. The van der Waals surface area contributed by atoms with Crippen LogP contribution in [0.3, 0.4) is 0 Å². The predicted octanol–water partition coefficient (Wildman–Crippen LogP) is 3.41. The number of hydrogen-bond acceptors (Lipinski definition) is 6. The van der Waals surface area contributed by atoms with Crippen molar-refractivity contribution in [2.45, 2.75) is 23.7 Å². The molecular formula is C11H19N3OS4. The Balaban J connectivity index is 3.09. The van der Waals surface area contributed by atoms with Gasteiger partial charge in [0.2, 0.25) is 0 Å². The zero-order valence-electron chi connectivity index (χ0n) is 11.7. The molecule has 0 radical (unpaired) electrons. The smallest absolute Gasteiger partial charge is 0.269 e. The standard InChI is InChI=1S/C11H19N3OS4/c1-6-8-7-12-13(10(8)16-2)11(17-3)9(15)14(18-4)19-5/h7,11H,6H2,1-5H3. The average Bonchev–Trinajstić information content (AvgIpc) is 2.83. The van der Waals surface area contributed by atoms with Gasteiger partial charge >= 0.3 is 0 Å². The van der Waals surface area contributed by atoms with E-state index in [4.69, 9.17) is 0 Å². The predicted molar refractivity (Wildman–Crippen MR) is 89.8 cm³/mol. The fraction of sp³-hybridized carbons (Fsp3) is 0.636. The van der Waals surface area contributed by atoms with Crippen molar-refractivity contribution >= 4 is 53.3 Å². The molecular weight excluding hydrogens is 318 g/mol. The highest BCUT2D eigenvalue weighted by Gasteiger charge is 2.28. The molecule has 108 valence electrons. The van der Waals surface area contributed by atoms with Crippen LogP contribution in [0.1, 0.15) is 17.9 Å². The van der Waals surface area contributed by atoms with Crippen LogP contribution in [-0.4, -0.2) is 44.4 Å². The lowest BCUT2D eigenvalue weighted by Gasteiger charge is -2.22. The molecule has 4 nitrogen and oxygen atoms in total. The molecule has 1 rings (SSSR count). The molecule has 1 aromatic heterocycles. The van der Waals surface area contributed by atoms with E-state index >= 15 is 0 Å². The summed E-state index contributed by atoms with van der Waals surface area (Å²) in [6, 6.07) is 0. The highest BCUT2D eigenvalue weighted by Crippen LogP contribution is 2.33. The van der Waals surface area contributed by atoms with E-state index in [-0.39, 0.29) is 11.3 Å². The Morgan fingerprint density at radius 2 is 2.00 bits per heavy atom. The molecule has 0 aliphatic rings. The molecule has 0 bridgehead atoms. The van der Waals surface area contributed by atoms with Crippen molar-refractivity contribution in [1.82, 2.24) is 13.5 Å². The molecule has 0 saturated carbocycles. The van der Waals surface area contributed by atoms with E-state index in [1.807, 2.05) is 35.9 Å². The van der Waals surface area contributed by atoms with Crippen LogP contribution in [0.2, 0.25) is 0 Å². The summed E-state index contributed by atoms with van der Waals surface area (Å²) < 4.78 is 3.54. The van der Waals surface area contributed by atoms with E-state index in [9.17, 15) is 4.79 Å². The van der Waals surface area contributed by atoms with Gasteiger partial charge in [-0.2, -0.15) is 5.10 Å². The number of aromatic nitrogens is 2. The zero-order valence-corrected chi connectivity index (χ0v) is 15.0. The number of carbonyl (C=O) groups excluding carboxylic acids is 1. The van der Waals surface area contributed by atoms with Gasteiger partial charge in [-0.25, -0.2) is 8.39 Å². The Morgan fingerprint density at radius 1 is 1.37 bits per heavy atom. The number of amides is 1. The summed E-state index contributed by atoms with van der Waals surface area (Å²) in [5.41, 5.74) is 1.19. The van der Waals surface area contributed by atoms with Crippen molar-refractivity contribution in [2.75, 3.05) is 25.0 Å². The summed E-state index contributed by atoms with van der Waals surface area (Å²) in [5.74, 6) is 0.0635. The summed E-state index contributed by atoms with van der Waals surface area (Å²) in [4.78, 5) is 12.5. The third-order valence-electron chi connectivity index (χ3n) is 2.56. The van der Waals surface area contributed by atoms with Crippen molar-refractivity contribution in [3.05, 3.63) is 11.8 Å². The molecule has 1 heterocycles. The third kappa shape index (κ3) is 3.80. The maximum absolute atomic E-state index is 12.5. The van der Waals surface area contributed by atoms with Crippen LogP contribution in [0.15, 0.2) is 11.2 Å². The molecule has 1 unspecified atom stereocenters. The monoisotopic (exact) mass is 337 g/mol. The van der Waals surface area contributed by atoms with Gasteiger partial charge in [-0.1, -0.05) is 6.92 Å². The van der Waals surface area contributed by atoms with E-state index in [0.717, 1.165) is 11.4 Å². The number of carbonyl (C=O) groups is 1. The Kier molecular flexibility index (Phi) is 7.56. The fourth-order valence-electron chi connectivity index (χ4n) is 1.67. The Morgan fingerprint density at radius 3 is 2.42 bits per heavy atom. The topological polar surface area (TPSA) is 38.1 Å². The molecule has 8 heteroatoms. The molecule has 19 heavy (non-hydrogen) atoms. The van der Waals surface area contributed by atoms with Gasteiger partial charge in [0.25, 0.3) is 5.91 Å². The van der Waals surface area contributed by atoms with Gasteiger partial charge in [-0.15, -0.1) is 23.5 Å². The Hall–Kier alpha value is 0.0800. The lowest BCUT2D eigenvalue weighted by molar-refractivity contribution is -0.123. The van der Waals surface area contributed by atoms with E-state index in [1.54, 1.807) is 15.5 Å². The lowest BCUT2D eigenvalue weighted by Crippen LogP contribution is -2.27. The second-order valence-electron chi connectivity index (χ2n) is 3.53. The molecule has 1 atom stereocenters. The molecule has 0 N–H and O–H groups in total. The number of aryl methyl sites for hydroxylation is 1. The first-order valence-corrected chi connectivity index (χ1v) is 10.6. The SMILES string of the molecule is CCc1cnn(C(SC)C(=O)N(SC)SC)c1SC. The normalized spacial score (nSPS) is 12.5. The summed E-state index contributed by atoms with van der Waals surface area (Å²) in [7, 11) is 0. The molecule has 0 fully saturated rings. The maximum Gasteiger partial charge on any atom is 0.277 e. The minimum absolute atomic E-state index is 0.0635. The van der Waals surface area contributed by atoms with E-state index in [1.165, 1.54) is 41.2 Å². The fourth-order valence-corrected chi connectivity index (χ4v) is 4.49. The van der Waals surface area contributed by atoms with E-state index in [2.05, 4.69) is 12.0 Å². The van der Waals surface area contributed by atoms with Crippen LogP contribution in [0.25, 0.3) is 0 Å². The molecule has 0 saturated heterocycles. The molecule has 1 amide bonds. The maximum atomic E-state index is 12.5. The van der Waals surface area contributed by atoms with Gasteiger partial charge in [-0.05, 0) is 42.8 Å². The minimum atomic E-state index is -0.303. The van der Waals surface area contributed by atoms with Crippen LogP contribution >= 0.6 is 47.4 Å². The summed E-state index contributed by atoms with van der Waals surface area (Å²) in [5, 5.41) is 5.19.